The van der Waals surface area contributed by atoms with Gasteiger partial charge in [-0.1, -0.05) is 12.1 Å². The summed E-state index contributed by atoms with van der Waals surface area (Å²) in [5.74, 6) is -0.636. The van der Waals surface area contributed by atoms with Crippen molar-refractivity contribution in [2.45, 2.75) is 24.0 Å². The van der Waals surface area contributed by atoms with E-state index in [1.807, 2.05) is 6.07 Å². The lowest BCUT2D eigenvalue weighted by Gasteiger charge is -2.14. The van der Waals surface area contributed by atoms with Crippen LogP contribution in [0, 0.1) is 21.4 Å². The van der Waals surface area contributed by atoms with Crippen LogP contribution in [0.3, 0.4) is 0 Å². The number of nitrogens with zero attached hydrogens (tertiary/aromatic N) is 2. The zero-order valence-corrected chi connectivity index (χ0v) is 15.3. The fourth-order valence-corrected chi connectivity index (χ4v) is 3.13. The van der Waals surface area contributed by atoms with Crippen molar-refractivity contribution >= 4 is 23.4 Å². The molecule has 0 bridgehead atoms. The maximum Gasteiger partial charge on any atom is 0.416 e. The number of rotatable bonds is 6. The number of amides is 1. The minimum Gasteiger partial charge on any atom is -0.349 e. The SMILES string of the molecule is CC(NC(=O)CSc1ccc(C(F)(F)F)cc1[N+](=O)[O-])c1ccc(C#N)cc1. The standard InChI is InChI=1S/C18H14F3N3O3S/c1-11(13-4-2-12(9-22)3-5-13)23-17(25)10-28-16-7-6-14(18(19,20)21)8-15(16)24(26)27/h2-8,11H,10H2,1H3,(H,23,25). The van der Waals surface area contributed by atoms with E-state index in [2.05, 4.69) is 5.32 Å². The van der Waals surface area contributed by atoms with Gasteiger partial charge in [0.1, 0.15) is 0 Å². The molecule has 0 aromatic heterocycles. The van der Waals surface area contributed by atoms with Crippen molar-refractivity contribution in [1.29, 1.82) is 5.26 Å². The summed E-state index contributed by atoms with van der Waals surface area (Å²) in [4.78, 5) is 22.2. The molecule has 0 aliphatic rings. The summed E-state index contributed by atoms with van der Waals surface area (Å²) in [6, 6.07) is 10.4. The van der Waals surface area contributed by atoms with Crippen LogP contribution >= 0.6 is 11.8 Å². The summed E-state index contributed by atoms with van der Waals surface area (Å²) in [7, 11) is 0. The summed E-state index contributed by atoms with van der Waals surface area (Å²) >= 11 is 0.782. The van der Waals surface area contributed by atoms with Crippen molar-refractivity contribution in [2.24, 2.45) is 0 Å². The van der Waals surface area contributed by atoms with Gasteiger partial charge in [0.25, 0.3) is 5.69 Å². The number of thioether (sulfide) groups is 1. The van der Waals surface area contributed by atoms with Gasteiger partial charge in [-0.15, -0.1) is 11.8 Å². The average molecular weight is 409 g/mol. The van der Waals surface area contributed by atoms with E-state index in [0.717, 1.165) is 29.5 Å². The zero-order chi connectivity index (χ0) is 20.9. The summed E-state index contributed by atoms with van der Waals surface area (Å²) in [5.41, 5.74) is -0.583. The molecular formula is C18H14F3N3O3S. The first-order valence-electron chi connectivity index (χ1n) is 7.89. The van der Waals surface area contributed by atoms with Gasteiger partial charge in [-0.3, -0.25) is 14.9 Å². The number of carbonyl (C=O) groups is 1. The lowest BCUT2D eigenvalue weighted by molar-refractivity contribution is -0.388. The third-order valence-electron chi connectivity index (χ3n) is 3.76. The first-order chi connectivity index (χ1) is 13.1. The molecule has 1 unspecified atom stereocenters. The molecule has 0 heterocycles. The van der Waals surface area contributed by atoms with Crippen LogP contribution in [-0.2, 0) is 11.0 Å². The highest BCUT2D eigenvalue weighted by Gasteiger charge is 2.33. The van der Waals surface area contributed by atoms with Gasteiger partial charge in [-0.2, -0.15) is 18.4 Å². The summed E-state index contributed by atoms with van der Waals surface area (Å²) in [6.45, 7) is 1.73. The van der Waals surface area contributed by atoms with E-state index in [1.165, 1.54) is 0 Å². The van der Waals surface area contributed by atoms with Crippen molar-refractivity contribution in [3.05, 3.63) is 69.3 Å². The smallest absolute Gasteiger partial charge is 0.349 e. The Bertz CT molecular complexity index is 924. The van der Waals surface area contributed by atoms with Crippen LogP contribution < -0.4 is 5.32 Å². The third-order valence-corrected chi connectivity index (χ3v) is 4.82. The average Bonchev–Trinajstić information content (AvgIpc) is 2.65. The Balaban J connectivity index is 2.03. The quantitative estimate of drug-likeness (QED) is 0.432. The zero-order valence-electron chi connectivity index (χ0n) is 14.5. The number of nitriles is 1. The van der Waals surface area contributed by atoms with Crippen LogP contribution in [-0.4, -0.2) is 16.6 Å². The fourth-order valence-electron chi connectivity index (χ4n) is 2.31. The molecule has 0 aliphatic heterocycles. The van der Waals surface area contributed by atoms with Gasteiger partial charge in [0, 0.05) is 6.07 Å². The highest BCUT2D eigenvalue weighted by Crippen LogP contribution is 2.36. The number of nitrogens with one attached hydrogen (secondary N) is 1. The van der Waals surface area contributed by atoms with Gasteiger partial charge in [0.15, 0.2) is 0 Å². The van der Waals surface area contributed by atoms with E-state index in [1.54, 1.807) is 31.2 Å². The van der Waals surface area contributed by atoms with Crippen LogP contribution in [0.5, 0.6) is 0 Å². The molecule has 1 amide bonds. The number of nitro groups is 1. The van der Waals surface area contributed by atoms with E-state index < -0.39 is 28.3 Å². The Hall–Kier alpha value is -3.06. The van der Waals surface area contributed by atoms with Gasteiger partial charge in [-0.25, -0.2) is 0 Å². The highest BCUT2D eigenvalue weighted by atomic mass is 32.2. The molecule has 146 valence electrons. The third kappa shape index (κ3) is 5.47. The van der Waals surface area contributed by atoms with Crippen molar-refractivity contribution in [2.75, 3.05) is 5.75 Å². The predicted molar refractivity (Wildman–Crippen MR) is 96.5 cm³/mol. The molecule has 2 aromatic rings. The Morgan fingerprint density at radius 2 is 1.93 bits per heavy atom. The number of hydrogen-bond acceptors (Lipinski definition) is 5. The fraction of sp³-hybridized carbons (Fsp3) is 0.222. The summed E-state index contributed by atoms with van der Waals surface area (Å²) < 4.78 is 38.2. The summed E-state index contributed by atoms with van der Waals surface area (Å²) in [5, 5.41) is 22.5. The van der Waals surface area contributed by atoms with E-state index in [9.17, 15) is 28.1 Å². The second-order valence-corrected chi connectivity index (χ2v) is 6.77. The molecular weight excluding hydrogens is 395 g/mol. The monoisotopic (exact) mass is 409 g/mol. The molecule has 1 atom stereocenters. The number of benzene rings is 2. The van der Waals surface area contributed by atoms with Crippen LogP contribution in [0.1, 0.15) is 29.7 Å². The van der Waals surface area contributed by atoms with E-state index in [-0.39, 0.29) is 16.7 Å². The van der Waals surface area contributed by atoms with Gasteiger partial charge in [0.05, 0.1) is 38.8 Å². The topological polar surface area (TPSA) is 96.0 Å². The van der Waals surface area contributed by atoms with E-state index in [4.69, 9.17) is 5.26 Å². The maximum atomic E-state index is 12.7. The highest BCUT2D eigenvalue weighted by molar-refractivity contribution is 8.00. The number of halogens is 3. The first-order valence-corrected chi connectivity index (χ1v) is 8.88. The van der Waals surface area contributed by atoms with Crippen LogP contribution in [0.4, 0.5) is 18.9 Å². The molecule has 0 radical (unpaired) electrons. The van der Waals surface area contributed by atoms with Gasteiger partial charge in [-0.05, 0) is 36.8 Å². The Kier molecular flexibility index (Phi) is 6.64. The van der Waals surface area contributed by atoms with Crippen molar-refractivity contribution in [3.63, 3.8) is 0 Å². The minimum absolute atomic E-state index is 0.0285. The molecule has 0 saturated carbocycles. The molecule has 2 aromatic carbocycles. The molecule has 0 saturated heterocycles. The minimum atomic E-state index is -4.69. The molecule has 2 rings (SSSR count). The second kappa shape index (κ2) is 8.75. The summed E-state index contributed by atoms with van der Waals surface area (Å²) in [6.07, 6.45) is -4.69. The largest absolute Gasteiger partial charge is 0.416 e. The Labute approximate surface area is 162 Å². The van der Waals surface area contributed by atoms with Crippen molar-refractivity contribution in [1.82, 2.24) is 5.32 Å². The van der Waals surface area contributed by atoms with Crippen LogP contribution in [0.15, 0.2) is 47.4 Å². The molecule has 28 heavy (non-hydrogen) atoms. The normalized spacial score (nSPS) is 12.1. The molecule has 6 nitrogen and oxygen atoms in total. The van der Waals surface area contributed by atoms with Crippen LogP contribution in [0.2, 0.25) is 0 Å². The molecule has 0 fully saturated rings. The number of alkyl halides is 3. The van der Waals surface area contributed by atoms with Crippen LogP contribution in [0.25, 0.3) is 0 Å². The van der Waals surface area contributed by atoms with Gasteiger partial charge < -0.3 is 5.32 Å². The second-order valence-electron chi connectivity index (χ2n) is 5.75. The van der Waals surface area contributed by atoms with E-state index >= 15 is 0 Å². The Morgan fingerprint density at radius 1 is 1.29 bits per heavy atom. The lowest BCUT2D eigenvalue weighted by atomic mass is 10.1. The van der Waals surface area contributed by atoms with Gasteiger partial charge >= 0.3 is 6.18 Å². The molecule has 0 spiro atoms. The van der Waals surface area contributed by atoms with E-state index in [0.29, 0.717) is 11.6 Å². The Morgan fingerprint density at radius 3 is 2.46 bits per heavy atom. The predicted octanol–water partition coefficient (Wildman–Crippen LogP) is 4.45. The number of nitro benzene ring substituents is 1. The van der Waals surface area contributed by atoms with Gasteiger partial charge in [0.2, 0.25) is 5.91 Å². The first kappa shape index (κ1) is 21.2. The maximum absolute atomic E-state index is 12.7. The lowest BCUT2D eigenvalue weighted by Crippen LogP contribution is -2.28. The van der Waals surface area contributed by atoms with Crippen molar-refractivity contribution < 1.29 is 22.9 Å². The molecule has 1 N–H and O–H groups in total. The number of hydrogen-bond donors (Lipinski definition) is 1. The van der Waals surface area contributed by atoms with Crippen molar-refractivity contribution in [3.8, 4) is 6.07 Å². The molecule has 0 aliphatic carbocycles. The molecule has 10 heteroatoms. The number of carbonyl (C=O) groups excluding carboxylic acids is 1.